The van der Waals surface area contributed by atoms with Crippen molar-refractivity contribution < 1.29 is 4.79 Å². The number of nitrogens with two attached hydrogens (primary N) is 1. The molecule has 0 spiro atoms. The Kier molecular flexibility index (Phi) is 3.51. The van der Waals surface area contributed by atoms with E-state index in [0.717, 1.165) is 37.3 Å². The second-order valence-electron chi connectivity index (χ2n) is 6.52. The Morgan fingerprint density at radius 3 is 2.62 bits per heavy atom. The van der Waals surface area contributed by atoms with Crippen LogP contribution in [0.2, 0.25) is 0 Å². The lowest BCUT2D eigenvalue weighted by molar-refractivity contribution is -0.135. The van der Waals surface area contributed by atoms with Crippen molar-refractivity contribution in [2.75, 3.05) is 23.7 Å². The number of aromatic nitrogens is 1. The topological polar surface area (TPSA) is 62.5 Å². The molecule has 21 heavy (non-hydrogen) atoms. The summed E-state index contributed by atoms with van der Waals surface area (Å²) in [5.41, 5.74) is 7.57. The molecule has 1 aliphatic heterocycles. The van der Waals surface area contributed by atoms with E-state index in [2.05, 4.69) is 28.6 Å². The summed E-state index contributed by atoms with van der Waals surface area (Å²) >= 11 is 0. The Balaban J connectivity index is 1.78. The Bertz CT molecular complexity index is 555. The summed E-state index contributed by atoms with van der Waals surface area (Å²) in [7, 11) is 0. The van der Waals surface area contributed by atoms with Crippen LogP contribution in [0.15, 0.2) is 12.3 Å². The van der Waals surface area contributed by atoms with E-state index in [-0.39, 0.29) is 12.1 Å². The largest absolute Gasteiger partial charge is 0.397 e. The van der Waals surface area contributed by atoms with E-state index in [1.165, 1.54) is 0 Å². The number of carbonyl (C=O) groups excluding carboxylic acids is 1. The number of aryl methyl sites for hydroxylation is 1. The van der Waals surface area contributed by atoms with E-state index in [9.17, 15) is 4.79 Å². The summed E-state index contributed by atoms with van der Waals surface area (Å²) in [6.07, 6.45) is 3.85. The minimum Gasteiger partial charge on any atom is -0.397 e. The van der Waals surface area contributed by atoms with Gasteiger partial charge in [-0.15, -0.1) is 0 Å². The maximum Gasteiger partial charge on any atom is 0.226 e. The molecule has 5 heteroatoms. The summed E-state index contributed by atoms with van der Waals surface area (Å²) in [5, 5.41) is 0. The number of nitrogens with zero attached hydrogens (tertiary/aromatic N) is 3. The lowest BCUT2D eigenvalue weighted by Crippen LogP contribution is -2.58. The Hall–Kier alpha value is -1.78. The molecule has 114 valence electrons. The molecular formula is C16H24N4O. The van der Waals surface area contributed by atoms with Gasteiger partial charge in [0, 0.05) is 31.1 Å². The molecule has 0 bridgehead atoms. The third kappa shape index (κ3) is 2.69. The standard InChI is InChI=1S/C16H24N4O/c1-10-6-14(17)7-18-15(10)19-8-12(3)20(9-11(19)2)16(21)13-4-5-13/h6-7,11-13H,4-5,8-9,17H2,1-3H3/t11-,12?/m0/s1. The van der Waals surface area contributed by atoms with Crippen molar-refractivity contribution in [1.82, 2.24) is 9.88 Å². The monoisotopic (exact) mass is 288 g/mol. The van der Waals surface area contributed by atoms with Gasteiger partial charge in [0.1, 0.15) is 5.82 Å². The van der Waals surface area contributed by atoms with Gasteiger partial charge in [-0.2, -0.15) is 0 Å². The van der Waals surface area contributed by atoms with E-state index in [1.807, 2.05) is 13.0 Å². The van der Waals surface area contributed by atoms with Gasteiger partial charge in [-0.25, -0.2) is 4.98 Å². The van der Waals surface area contributed by atoms with Gasteiger partial charge in [0.15, 0.2) is 0 Å². The maximum atomic E-state index is 12.3. The smallest absolute Gasteiger partial charge is 0.226 e. The van der Waals surface area contributed by atoms with Crippen LogP contribution < -0.4 is 10.6 Å². The lowest BCUT2D eigenvalue weighted by atomic mass is 10.1. The summed E-state index contributed by atoms with van der Waals surface area (Å²) in [6.45, 7) is 7.94. The van der Waals surface area contributed by atoms with E-state index >= 15 is 0 Å². The predicted octanol–water partition coefficient (Wildman–Crippen LogP) is 1.81. The zero-order valence-corrected chi connectivity index (χ0v) is 13.0. The summed E-state index contributed by atoms with van der Waals surface area (Å²) in [5.74, 6) is 1.63. The first kappa shape index (κ1) is 14.2. The van der Waals surface area contributed by atoms with E-state index < -0.39 is 0 Å². The molecule has 1 aliphatic carbocycles. The van der Waals surface area contributed by atoms with Crippen molar-refractivity contribution >= 4 is 17.4 Å². The van der Waals surface area contributed by atoms with Crippen molar-refractivity contribution in [3.8, 4) is 0 Å². The first-order valence-electron chi connectivity index (χ1n) is 7.76. The molecule has 1 aromatic rings. The van der Waals surface area contributed by atoms with Gasteiger partial charge in [0.05, 0.1) is 11.9 Å². The number of piperazine rings is 1. The molecule has 2 heterocycles. The van der Waals surface area contributed by atoms with E-state index in [0.29, 0.717) is 17.5 Å². The first-order chi connectivity index (χ1) is 9.97. The third-order valence-electron chi connectivity index (χ3n) is 4.54. The quantitative estimate of drug-likeness (QED) is 0.901. The van der Waals surface area contributed by atoms with Gasteiger partial charge in [0.25, 0.3) is 0 Å². The van der Waals surface area contributed by atoms with Crippen LogP contribution in [0.1, 0.15) is 32.3 Å². The highest BCUT2D eigenvalue weighted by Crippen LogP contribution is 2.33. The number of hydrogen-bond acceptors (Lipinski definition) is 4. The fraction of sp³-hybridized carbons (Fsp3) is 0.625. The fourth-order valence-corrected chi connectivity index (χ4v) is 3.18. The van der Waals surface area contributed by atoms with Gasteiger partial charge < -0.3 is 15.5 Å². The third-order valence-corrected chi connectivity index (χ3v) is 4.54. The zero-order valence-electron chi connectivity index (χ0n) is 13.0. The van der Waals surface area contributed by atoms with Crippen LogP contribution in [0, 0.1) is 12.8 Å². The number of pyridine rings is 1. The predicted molar refractivity (Wildman–Crippen MR) is 84.1 cm³/mol. The van der Waals surface area contributed by atoms with Gasteiger partial charge in [-0.05, 0) is 45.2 Å². The van der Waals surface area contributed by atoms with Crippen molar-refractivity contribution in [1.29, 1.82) is 0 Å². The molecule has 1 unspecified atom stereocenters. The van der Waals surface area contributed by atoms with Crippen LogP contribution in [-0.2, 0) is 4.79 Å². The SMILES string of the molecule is Cc1cc(N)cnc1N1CC(C)N(C(=O)C2CC2)C[C@@H]1C. The van der Waals surface area contributed by atoms with Gasteiger partial charge in [-0.1, -0.05) is 0 Å². The van der Waals surface area contributed by atoms with E-state index in [4.69, 9.17) is 5.73 Å². The van der Waals surface area contributed by atoms with Crippen LogP contribution in [0.25, 0.3) is 0 Å². The fourth-order valence-electron chi connectivity index (χ4n) is 3.18. The van der Waals surface area contributed by atoms with Gasteiger partial charge in [0.2, 0.25) is 5.91 Å². The number of hydrogen-bond donors (Lipinski definition) is 1. The van der Waals surface area contributed by atoms with Crippen LogP contribution in [0.3, 0.4) is 0 Å². The number of nitrogen functional groups attached to an aromatic ring is 1. The molecule has 0 aromatic carbocycles. The molecule has 1 saturated heterocycles. The molecule has 1 aromatic heterocycles. The average molecular weight is 288 g/mol. The van der Waals surface area contributed by atoms with Gasteiger partial charge >= 0.3 is 0 Å². The summed E-state index contributed by atoms with van der Waals surface area (Å²) in [4.78, 5) is 21.2. The molecule has 3 rings (SSSR count). The Labute approximate surface area is 126 Å². The number of carbonyl (C=O) groups is 1. The van der Waals surface area contributed by atoms with Crippen molar-refractivity contribution in [2.45, 2.75) is 45.7 Å². The maximum absolute atomic E-state index is 12.3. The molecular weight excluding hydrogens is 264 g/mol. The highest BCUT2D eigenvalue weighted by Gasteiger charge is 2.39. The molecule has 2 fully saturated rings. The Morgan fingerprint density at radius 2 is 2.00 bits per heavy atom. The van der Waals surface area contributed by atoms with Gasteiger partial charge in [-0.3, -0.25) is 4.79 Å². The van der Waals surface area contributed by atoms with E-state index in [1.54, 1.807) is 6.20 Å². The Morgan fingerprint density at radius 1 is 1.29 bits per heavy atom. The molecule has 5 nitrogen and oxygen atoms in total. The molecule has 2 N–H and O–H groups in total. The molecule has 2 atom stereocenters. The highest BCUT2D eigenvalue weighted by molar-refractivity contribution is 5.81. The van der Waals surface area contributed by atoms with Crippen molar-refractivity contribution in [3.63, 3.8) is 0 Å². The van der Waals surface area contributed by atoms with Crippen molar-refractivity contribution in [2.24, 2.45) is 5.92 Å². The lowest BCUT2D eigenvalue weighted by Gasteiger charge is -2.45. The first-order valence-corrected chi connectivity index (χ1v) is 7.76. The average Bonchev–Trinajstić information content (AvgIpc) is 3.25. The highest BCUT2D eigenvalue weighted by atomic mass is 16.2. The number of amides is 1. The minimum absolute atomic E-state index is 0.230. The molecule has 2 aliphatic rings. The van der Waals surface area contributed by atoms with Crippen LogP contribution in [0.5, 0.6) is 0 Å². The molecule has 1 saturated carbocycles. The second kappa shape index (κ2) is 5.20. The van der Waals surface area contributed by atoms with Crippen LogP contribution >= 0.6 is 0 Å². The molecule has 1 amide bonds. The zero-order chi connectivity index (χ0) is 15.1. The minimum atomic E-state index is 0.230. The van der Waals surface area contributed by atoms with Crippen molar-refractivity contribution in [3.05, 3.63) is 17.8 Å². The normalized spacial score (nSPS) is 26.0. The second-order valence-corrected chi connectivity index (χ2v) is 6.52. The van der Waals surface area contributed by atoms with Crippen LogP contribution in [0.4, 0.5) is 11.5 Å². The number of rotatable bonds is 2. The molecule has 0 radical (unpaired) electrons. The summed E-state index contributed by atoms with van der Waals surface area (Å²) < 4.78 is 0. The van der Waals surface area contributed by atoms with Crippen LogP contribution in [-0.4, -0.2) is 41.0 Å². The number of anilines is 2. The summed E-state index contributed by atoms with van der Waals surface area (Å²) in [6, 6.07) is 2.47.